The lowest BCUT2D eigenvalue weighted by molar-refractivity contribution is 0.0672. The van der Waals surface area contributed by atoms with Crippen LogP contribution in [0.3, 0.4) is 0 Å². The Kier molecular flexibility index (Phi) is 2.94. The molecular formula is C14H14ClN5O. The van der Waals surface area contributed by atoms with Crippen molar-refractivity contribution in [2.45, 2.75) is 31.5 Å². The molecule has 0 amide bonds. The maximum atomic E-state index is 6.30. The largest absolute Gasteiger partial charge is 0.383 e. The summed E-state index contributed by atoms with van der Waals surface area (Å²) in [6.45, 7) is 0. The van der Waals surface area contributed by atoms with Gasteiger partial charge in [0.2, 0.25) is 0 Å². The third-order valence-electron chi connectivity index (χ3n) is 3.92. The van der Waals surface area contributed by atoms with Crippen molar-refractivity contribution >= 4 is 23.0 Å². The first kappa shape index (κ1) is 12.8. The van der Waals surface area contributed by atoms with Crippen molar-refractivity contribution in [3.8, 4) is 5.95 Å². The number of fused-ring (bicyclic) bond motifs is 2. The van der Waals surface area contributed by atoms with Gasteiger partial charge in [0.05, 0.1) is 17.8 Å². The van der Waals surface area contributed by atoms with E-state index in [0.717, 1.165) is 30.4 Å². The van der Waals surface area contributed by atoms with Crippen molar-refractivity contribution in [1.82, 2.24) is 19.7 Å². The molecule has 2 aromatic rings. The van der Waals surface area contributed by atoms with E-state index in [0.29, 0.717) is 16.9 Å². The van der Waals surface area contributed by atoms with Crippen molar-refractivity contribution in [2.24, 2.45) is 0 Å². The number of anilines is 1. The lowest BCUT2D eigenvalue weighted by Gasteiger charge is -2.20. The zero-order valence-corrected chi connectivity index (χ0v) is 12.0. The van der Waals surface area contributed by atoms with E-state index >= 15 is 0 Å². The minimum Gasteiger partial charge on any atom is -0.383 e. The molecule has 6 nitrogen and oxygen atoms in total. The molecule has 21 heavy (non-hydrogen) atoms. The smallest absolute Gasteiger partial charge is 0.252 e. The van der Waals surface area contributed by atoms with Gasteiger partial charge in [0.1, 0.15) is 5.82 Å². The molecule has 4 rings (SSSR count). The average Bonchev–Trinajstić information content (AvgIpc) is 2.99. The lowest BCUT2D eigenvalue weighted by Crippen LogP contribution is -2.16. The highest BCUT2D eigenvalue weighted by Crippen LogP contribution is 2.40. The molecule has 2 unspecified atom stereocenters. The quantitative estimate of drug-likeness (QED) is 0.920. The molecule has 0 aliphatic carbocycles. The molecule has 1 fully saturated rings. The summed E-state index contributed by atoms with van der Waals surface area (Å²) < 4.78 is 7.29. The van der Waals surface area contributed by atoms with E-state index in [-0.39, 0.29) is 12.2 Å². The van der Waals surface area contributed by atoms with E-state index in [9.17, 15) is 0 Å². The van der Waals surface area contributed by atoms with Crippen molar-refractivity contribution in [3.05, 3.63) is 35.3 Å². The van der Waals surface area contributed by atoms with Crippen LogP contribution in [0.25, 0.3) is 11.5 Å². The maximum Gasteiger partial charge on any atom is 0.252 e. The molecule has 2 bridgehead atoms. The summed E-state index contributed by atoms with van der Waals surface area (Å²) in [5, 5.41) is 4.66. The third kappa shape index (κ3) is 2.11. The van der Waals surface area contributed by atoms with Crippen LogP contribution < -0.4 is 5.73 Å². The summed E-state index contributed by atoms with van der Waals surface area (Å²) in [4.78, 5) is 8.32. The van der Waals surface area contributed by atoms with Crippen LogP contribution in [0.4, 0.5) is 5.82 Å². The Morgan fingerprint density at radius 1 is 1.29 bits per heavy atom. The van der Waals surface area contributed by atoms with E-state index in [1.165, 1.54) is 4.68 Å². The Morgan fingerprint density at radius 3 is 2.86 bits per heavy atom. The summed E-state index contributed by atoms with van der Waals surface area (Å²) in [6.07, 6.45) is 8.79. The highest BCUT2D eigenvalue weighted by atomic mass is 35.5. The molecule has 1 saturated heterocycles. The topological polar surface area (TPSA) is 78.9 Å². The second-order valence-electron chi connectivity index (χ2n) is 5.28. The van der Waals surface area contributed by atoms with Gasteiger partial charge in [-0.05, 0) is 30.9 Å². The first-order valence-electron chi connectivity index (χ1n) is 6.90. The number of ether oxygens (including phenoxy) is 1. The molecule has 0 radical (unpaired) electrons. The van der Waals surface area contributed by atoms with Gasteiger partial charge in [-0.25, -0.2) is 9.97 Å². The predicted molar refractivity (Wildman–Crippen MR) is 79.1 cm³/mol. The Balaban J connectivity index is 1.79. The fourth-order valence-corrected chi connectivity index (χ4v) is 3.28. The molecule has 108 valence electrons. The molecule has 2 aliphatic heterocycles. The first-order valence-corrected chi connectivity index (χ1v) is 7.28. The SMILES string of the molecule is Nc1c(C2=CC3CCC(C2)O3)c(Cl)nn1-c1ncccn1. The monoisotopic (exact) mass is 303 g/mol. The number of nitrogens with zero attached hydrogens (tertiary/aromatic N) is 4. The second kappa shape index (κ2) is 4.82. The third-order valence-corrected chi connectivity index (χ3v) is 4.18. The Bertz CT molecular complexity index is 712. The van der Waals surface area contributed by atoms with Crippen LogP contribution in [0.15, 0.2) is 24.5 Å². The Morgan fingerprint density at radius 2 is 2.10 bits per heavy atom. The number of aromatic nitrogens is 4. The van der Waals surface area contributed by atoms with Crippen LogP contribution >= 0.6 is 11.6 Å². The predicted octanol–water partition coefficient (Wildman–Crippen LogP) is 2.23. The van der Waals surface area contributed by atoms with Crippen LogP contribution in [0.1, 0.15) is 24.8 Å². The van der Waals surface area contributed by atoms with Gasteiger partial charge in [0.25, 0.3) is 5.95 Å². The lowest BCUT2D eigenvalue weighted by atomic mass is 10.0. The summed E-state index contributed by atoms with van der Waals surface area (Å²) in [6, 6.07) is 1.74. The van der Waals surface area contributed by atoms with Crippen LogP contribution in [0.2, 0.25) is 5.15 Å². The number of halogens is 1. The van der Waals surface area contributed by atoms with Crippen molar-refractivity contribution < 1.29 is 4.74 Å². The fraction of sp³-hybridized carbons (Fsp3) is 0.357. The van der Waals surface area contributed by atoms with E-state index in [4.69, 9.17) is 22.1 Å². The van der Waals surface area contributed by atoms with Gasteiger partial charge < -0.3 is 10.5 Å². The minimum atomic E-state index is 0.172. The molecular weight excluding hydrogens is 290 g/mol. The van der Waals surface area contributed by atoms with E-state index in [1.54, 1.807) is 18.5 Å². The summed E-state index contributed by atoms with van der Waals surface area (Å²) >= 11 is 6.30. The van der Waals surface area contributed by atoms with Crippen LogP contribution in [0, 0.1) is 0 Å². The van der Waals surface area contributed by atoms with E-state index in [1.807, 2.05) is 0 Å². The Hall–Kier alpha value is -1.92. The normalized spacial score (nSPS) is 24.1. The number of rotatable bonds is 2. The van der Waals surface area contributed by atoms with Crippen LogP contribution in [0.5, 0.6) is 0 Å². The van der Waals surface area contributed by atoms with Gasteiger partial charge in [-0.15, -0.1) is 0 Å². The second-order valence-corrected chi connectivity index (χ2v) is 5.64. The molecule has 2 N–H and O–H groups in total. The summed E-state index contributed by atoms with van der Waals surface area (Å²) in [7, 11) is 0. The summed E-state index contributed by atoms with van der Waals surface area (Å²) in [5.41, 5.74) is 8.12. The molecule has 2 aliphatic rings. The number of nitrogen functional groups attached to an aromatic ring is 1. The number of nitrogens with two attached hydrogens (primary N) is 1. The molecule has 4 heterocycles. The highest BCUT2D eigenvalue weighted by molar-refractivity contribution is 6.31. The minimum absolute atomic E-state index is 0.172. The van der Waals surface area contributed by atoms with Crippen LogP contribution in [-0.4, -0.2) is 32.0 Å². The molecule has 7 heteroatoms. The first-order chi connectivity index (χ1) is 10.2. The van der Waals surface area contributed by atoms with Gasteiger partial charge in [-0.1, -0.05) is 17.7 Å². The van der Waals surface area contributed by atoms with Crippen LogP contribution in [-0.2, 0) is 4.74 Å². The molecule has 2 aromatic heterocycles. The van der Waals surface area contributed by atoms with Crippen molar-refractivity contribution in [2.75, 3.05) is 5.73 Å². The van der Waals surface area contributed by atoms with Crippen molar-refractivity contribution in [1.29, 1.82) is 0 Å². The van der Waals surface area contributed by atoms with Gasteiger partial charge in [-0.3, -0.25) is 0 Å². The Labute approximate surface area is 126 Å². The van der Waals surface area contributed by atoms with Gasteiger partial charge in [0.15, 0.2) is 5.15 Å². The zero-order valence-electron chi connectivity index (χ0n) is 11.2. The number of hydrogen-bond acceptors (Lipinski definition) is 5. The molecule has 0 spiro atoms. The van der Waals surface area contributed by atoms with E-state index in [2.05, 4.69) is 21.1 Å². The summed E-state index contributed by atoms with van der Waals surface area (Å²) in [5.74, 6) is 0.887. The maximum absolute atomic E-state index is 6.30. The van der Waals surface area contributed by atoms with E-state index < -0.39 is 0 Å². The molecule has 2 atom stereocenters. The highest BCUT2D eigenvalue weighted by Gasteiger charge is 2.32. The van der Waals surface area contributed by atoms with Gasteiger partial charge >= 0.3 is 0 Å². The molecule has 0 aromatic carbocycles. The average molecular weight is 304 g/mol. The van der Waals surface area contributed by atoms with Gasteiger partial charge in [0, 0.05) is 12.4 Å². The van der Waals surface area contributed by atoms with Gasteiger partial charge in [-0.2, -0.15) is 9.78 Å². The number of hydrogen-bond donors (Lipinski definition) is 1. The van der Waals surface area contributed by atoms with Crippen molar-refractivity contribution in [3.63, 3.8) is 0 Å². The standard InChI is InChI=1S/C14H14ClN5O/c15-12-11(8-6-9-2-3-10(7-8)21-9)13(16)20(19-12)14-17-4-1-5-18-14/h1,4-6,9-10H,2-3,7,16H2. The zero-order chi connectivity index (χ0) is 14.4. The molecule has 0 saturated carbocycles. The fourth-order valence-electron chi connectivity index (χ4n) is 2.98.